The summed E-state index contributed by atoms with van der Waals surface area (Å²) in [5, 5.41) is 2.90. The van der Waals surface area contributed by atoms with Crippen LogP contribution in [0.5, 0.6) is 5.75 Å². The third-order valence-electron chi connectivity index (χ3n) is 5.77. The van der Waals surface area contributed by atoms with Crippen LogP contribution < -0.4 is 10.1 Å². The summed E-state index contributed by atoms with van der Waals surface area (Å²) in [5.41, 5.74) is 2.29. The second-order valence-corrected chi connectivity index (χ2v) is 8.69. The fraction of sp³-hybridized carbons (Fsp3) is 0.348. The van der Waals surface area contributed by atoms with Gasteiger partial charge in [-0.05, 0) is 48.7 Å². The minimum atomic E-state index is -0.304. The highest BCUT2D eigenvalue weighted by atomic mass is 79.9. The molecule has 1 atom stereocenters. The number of amides is 3. The molecule has 3 amide bonds. The number of methoxy groups -OCH3 is 1. The molecule has 2 aromatic carbocycles. The van der Waals surface area contributed by atoms with Gasteiger partial charge in [-0.2, -0.15) is 0 Å². The molecular weight excluding hydrogens is 462 g/mol. The van der Waals surface area contributed by atoms with Crippen LogP contribution in [-0.2, 0) is 22.7 Å². The normalized spacial score (nSPS) is 18.2. The van der Waals surface area contributed by atoms with Crippen molar-refractivity contribution in [1.82, 2.24) is 15.1 Å². The number of hydrogen-bond donors (Lipinski definition) is 1. The highest BCUT2D eigenvalue weighted by Gasteiger charge is 2.41. The number of carbonyl (C=O) groups excluding carboxylic acids is 3. The summed E-state index contributed by atoms with van der Waals surface area (Å²) >= 11 is 3.43. The van der Waals surface area contributed by atoms with Crippen molar-refractivity contribution in [3.05, 3.63) is 63.6 Å². The van der Waals surface area contributed by atoms with Gasteiger partial charge < -0.3 is 19.9 Å². The number of halogens is 1. The Balaban J connectivity index is 1.37. The average molecular weight is 486 g/mol. The van der Waals surface area contributed by atoms with Crippen LogP contribution in [-0.4, -0.2) is 53.8 Å². The van der Waals surface area contributed by atoms with Crippen LogP contribution in [0.1, 0.15) is 34.3 Å². The zero-order valence-corrected chi connectivity index (χ0v) is 18.9. The van der Waals surface area contributed by atoms with Gasteiger partial charge in [-0.15, -0.1) is 0 Å². The molecule has 31 heavy (non-hydrogen) atoms. The minimum absolute atomic E-state index is 0.0149. The van der Waals surface area contributed by atoms with E-state index in [0.29, 0.717) is 30.9 Å². The summed E-state index contributed by atoms with van der Waals surface area (Å²) in [6.07, 6.45) is 1.62. The van der Waals surface area contributed by atoms with E-state index in [2.05, 4.69) is 21.2 Å². The van der Waals surface area contributed by atoms with Crippen LogP contribution in [0.3, 0.4) is 0 Å². The molecular formula is C23H24BrN3O4. The topological polar surface area (TPSA) is 79.0 Å². The number of nitrogens with zero attached hydrogens (tertiary/aromatic N) is 2. The first-order chi connectivity index (χ1) is 15.0. The number of hydrogen-bond acceptors (Lipinski definition) is 4. The molecule has 1 unspecified atom stereocenters. The zero-order valence-electron chi connectivity index (χ0n) is 17.3. The van der Waals surface area contributed by atoms with E-state index in [9.17, 15) is 14.4 Å². The fourth-order valence-electron chi connectivity index (χ4n) is 4.14. The quantitative estimate of drug-likeness (QED) is 0.682. The Morgan fingerprint density at radius 3 is 2.71 bits per heavy atom. The molecule has 8 heteroatoms. The van der Waals surface area contributed by atoms with Crippen molar-refractivity contribution in [2.75, 3.05) is 20.2 Å². The molecule has 0 aromatic heterocycles. The Kier molecular flexibility index (Phi) is 6.27. The molecule has 2 aromatic rings. The molecule has 2 aliphatic heterocycles. The average Bonchev–Trinajstić information content (AvgIpc) is 3.27. The Morgan fingerprint density at radius 2 is 1.97 bits per heavy atom. The third kappa shape index (κ3) is 4.58. The van der Waals surface area contributed by atoms with Crippen LogP contribution in [0, 0.1) is 0 Å². The SMILES string of the molecule is COc1ccc(Br)cc1CNC(=O)c1ccc(CN2CC(=O)N3CCCC3C2=O)cc1. The summed E-state index contributed by atoms with van der Waals surface area (Å²) in [7, 11) is 1.60. The largest absolute Gasteiger partial charge is 0.496 e. The maximum atomic E-state index is 12.7. The van der Waals surface area contributed by atoms with Gasteiger partial charge in [0.15, 0.2) is 0 Å². The van der Waals surface area contributed by atoms with Gasteiger partial charge in [0.05, 0.1) is 7.11 Å². The van der Waals surface area contributed by atoms with Gasteiger partial charge in [-0.3, -0.25) is 14.4 Å². The van der Waals surface area contributed by atoms with Gasteiger partial charge in [0.2, 0.25) is 11.8 Å². The number of fused-ring (bicyclic) bond motifs is 1. The van der Waals surface area contributed by atoms with Crippen LogP contribution in [0.2, 0.25) is 0 Å². The molecule has 2 aliphatic rings. The first-order valence-electron chi connectivity index (χ1n) is 10.2. The zero-order chi connectivity index (χ0) is 22.0. The summed E-state index contributed by atoms with van der Waals surface area (Å²) in [6.45, 7) is 1.50. The molecule has 2 heterocycles. The number of ether oxygens (including phenoxy) is 1. The Labute approximate surface area is 189 Å². The summed E-state index contributed by atoms with van der Waals surface area (Å²) in [6, 6.07) is 12.5. The van der Waals surface area contributed by atoms with Crippen molar-refractivity contribution in [3.63, 3.8) is 0 Å². The second-order valence-electron chi connectivity index (χ2n) is 7.78. The maximum Gasteiger partial charge on any atom is 0.251 e. The van der Waals surface area contributed by atoms with Crippen molar-refractivity contribution in [2.24, 2.45) is 0 Å². The fourth-order valence-corrected chi connectivity index (χ4v) is 4.55. The smallest absolute Gasteiger partial charge is 0.251 e. The lowest BCUT2D eigenvalue weighted by Crippen LogP contribution is -2.56. The van der Waals surface area contributed by atoms with E-state index in [1.54, 1.807) is 29.0 Å². The van der Waals surface area contributed by atoms with E-state index in [4.69, 9.17) is 4.74 Å². The van der Waals surface area contributed by atoms with Crippen molar-refractivity contribution in [1.29, 1.82) is 0 Å². The highest BCUT2D eigenvalue weighted by molar-refractivity contribution is 9.10. The van der Waals surface area contributed by atoms with Gasteiger partial charge in [-0.25, -0.2) is 0 Å². The molecule has 2 saturated heterocycles. The summed E-state index contributed by atoms with van der Waals surface area (Å²) < 4.78 is 6.25. The van der Waals surface area contributed by atoms with E-state index in [1.165, 1.54) is 0 Å². The molecule has 0 saturated carbocycles. The maximum absolute atomic E-state index is 12.7. The molecule has 0 bridgehead atoms. The van der Waals surface area contributed by atoms with E-state index in [-0.39, 0.29) is 30.3 Å². The Hall–Kier alpha value is -2.87. The monoisotopic (exact) mass is 485 g/mol. The third-order valence-corrected chi connectivity index (χ3v) is 6.26. The van der Waals surface area contributed by atoms with Gasteiger partial charge in [0.25, 0.3) is 5.91 Å². The van der Waals surface area contributed by atoms with E-state index in [1.807, 2.05) is 30.3 Å². The number of rotatable bonds is 6. The predicted octanol–water partition coefficient (Wildman–Crippen LogP) is 2.72. The van der Waals surface area contributed by atoms with Gasteiger partial charge in [-0.1, -0.05) is 28.1 Å². The van der Waals surface area contributed by atoms with Crippen LogP contribution >= 0.6 is 15.9 Å². The molecule has 2 fully saturated rings. The second kappa shape index (κ2) is 9.09. The predicted molar refractivity (Wildman–Crippen MR) is 118 cm³/mol. The molecule has 0 aliphatic carbocycles. The van der Waals surface area contributed by atoms with E-state index in [0.717, 1.165) is 28.4 Å². The summed E-state index contributed by atoms with van der Waals surface area (Å²) in [4.78, 5) is 40.8. The van der Waals surface area contributed by atoms with Crippen LogP contribution in [0.4, 0.5) is 0 Å². The van der Waals surface area contributed by atoms with Gasteiger partial charge >= 0.3 is 0 Å². The number of benzene rings is 2. The molecule has 7 nitrogen and oxygen atoms in total. The number of piperazine rings is 1. The standard InChI is InChI=1S/C23H24BrN3O4/c1-31-20-9-8-18(24)11-17(20)12-25-22(29)16-6-4-15(5-7-16)13-26-14-21(28)27-10-2-3-19(27)23(26)30/h4-9,11,19H,2-3,10,12-14H2,1H3,(H,25,29). The number of carbonyl (C=O) groups is 3. The molecule has 1 N–H and O–H groups in total. The lowest BCUT2D eigenvalue weighted by atomic mass is 10.1. The van der Waals surface area contributed by atoms with Gasteiger partial charge in [0, 0.05) is 35.2 Å². The summed E-state index contributed by atoms with van der Waals surface area (Å²) in [5.74, 6) is 0.544. The van der Waals surface area contributed by atoms with Crippen LogP contribution in [0.25, 0.3) is 0 Å². The van der Waals surface area contributed by atoms with Crippen molar-refractivity contribution >= 4 is 33.7 Å². The first-order valence-corrected chi connectivity index (χ1v) is 11.0. The minimum Gasteiger partial charge on any atom is -0.496 e. The van der Waals surface area contributed by atoms with E-state index >= 15 is 0 Å². The molecule has 0 spiro atoms. The van der Waals surface area contributed by atoms with Crippen molar-refractivity contribution < 1.29 is 19.1 Å². The Bertz CT molecular complexity index is 1010. The van der Waals surface area contributed by atoms with Crippen molar-refractivity contribution in [2.45, 2.75) is 32.0 Å². The highest BCUT2D eigenvalue weighted by Crippen LogP contribution is 2.25. The lowest BCUT2D eigenvalue weighted by molar-refractivity contribution is -0.154. The van der Waals surface area contributed by atoms with E-state index < -0.39 is 0 Å². The van der Waals surface area contributed by atoms with Crippen LogP contribution in [0.15, 0.2) is 46.9 Å². The van der Waals surface area contributed by atoms with Crippen molar-refractivity contribution in [3.8, 4) is 5.75 Å². The Morgan fingerprint density at radius 1 is 1.19 bits per heavy atom. The molecule has 4 rings (SSSR count). The molecule has 0 radical (unpaired) electrons. The first kappa shape index (κ1) is 21.4. The van der Waals surface area contributed by atoms with Gasteiger partial charge in [0.1, 0.15) is 18.3 Å². The number of nitrogens with one attached hydrogen (secondary N) is 1. The lowest BCUT2D eigenvalue weighted by Gasteiger charge is -2.36. The molecule has 162 valence electrons.